The van der Waals surface area contributed by atoms with Crippen LogP contribution in [-0.4, -0.2) is 28.2 Å². The summed E-state index contributed by atoms with van der Waals surface area (Å²) in [5.74, 6) is 0.511. The van der Waals surface area contributed by atoms with Gasteiger partial charge in [0.1, 0.15) is 0 Å². The number of hydrogen-bond acceptors (Lipinski definition) is 4. The molecule has 1 aliphatic heterocycles. The summed E-state index contributed by atoms with van der Waals surface area (Å²) < 4.78 is 0. The number of amides is 2. The fourth-order valence-corrected chi connectivity index (χ4v) is 4.24. The SMILES string of the molecule is CC(C)c1ccc(-c2csc(NC(=O)c3ccc(CN4CCCC4=O)cc3)n2)cc1. The summed E-state index contributed by atoms with van der Waals surface area (Å²) in [7, 11) is 0. The summed E-state index contributed by atoms with van der Waals surface area (Å²) in [6.07, 6.45) is 1.56. The molecule has 1 aliphatic rings. The van der Waals surface area contributed by atoms with Crippen molar-refractivity contribution < 1.29 is 9.59 Å². The third-order valence-electron chi connectivity index (χ3n) is 5.36. The van der Waals surface area contributed by atoms with E-state index >= 15 is 0 Å². The summed E-state index contributed by atoms with van der Waals surface area (Å²) in [5, 5.41) is 5.41. The molecule has 5 nitrogen and oxygen atoms in total. The van der Waals surface area contributed by atoms with Crippen molar-refractivity contribution in [1.82, 2.24) is 9.88 Å². The summed E-state index contributed by atoms with van der Waals surface area (Å²) in [6.45, 7) is 5.76. The second kappa shape index (κ2) is 8.79. The van der Waals surface area contributed by atoms with Gasteiger partial charge in [0.05, 0.1) is 5.69 Å². The highest BCUT2D eigenvalue weighted by molar-refractivity contribution is 7.14. The lowest BCUT2D eigenvalue weighted by Crippen LogP contribution is -2.23. The van der Waals surface area contributed by atoms with Crippen LogP contribution < -0.4 is 5.32 Å². The molecular formula is C24H25N3O2S. The van der Waals surface area contributed by atoms with Gasteiger partial charge in [0.25, 0.3) is 5.91 Å². The van der Waals surface area contributed by atoms with Crippen molar-refractivity contribution in [2.75, 3.05) is 11.9 Å². The highest BCUT2D eigenvalue weighted by Gasteiger charge is 2.20. The van der Waals surface area contributed by atoms with E-state index in [9.17, 15) is 9.59 Å². The molecular weight excluding hydrogens is 394 g/mol. The molecule has 0 saturated carbocycles. The summed E-state index contributed by atoms with van der Waals surface area (Å²) in [5.41, 5.74) is 4.79. The third-order valence-corrected chi connectivity index (χ3v) is 6.12. The number of hydrogen-bond donors (Lipinski definition) is 1. The fraction of sp³-hybridized carbons (Fsp3) is 0.292. The van der Waals surface area contributed by atoms with Gasteiger partial charge in [-0.15, -0.1) is 11.3 Å². The van der Waals surface area contributed by atoms with Gasteiger partial charge in [-0.25, -0.2) is 4.98 Å². The minimum absolute atomic E-state index is 0.185. The van der Waals surface area contributed by atoms with Gasteiger partial charge >= 0.3 is 0 Å². The zero-order valence-electron chi connectivity index (χ0n) is 17.2. The number of thiazole rings is 1. The molecule has 1 aromatic heterocycles. The van der Waals surface area contributed by atoms with E-state index in [0.29, 0.717) is 29.6 Å². The Morgan fingerprint density at radius 3 is 2.50 bits per heavy atom. The van der Waals surface area contributed by atoms with Crippen molar-refractivity contribution in [2.45, 2.75) is 39.2 Å². The van der Waals surface area contributed by atoms with E-state index in [4.69, 9.17) is 0 Å². The molecule has 1 N–H and O–H groups in total. The van der Waals surface area contributed by atoms with E-state index in [2.05, 4.69) is 48.4 Å². The Morgan fingerprint density at radius 2 is 1.87 bits per heavy atom. The average Bonchev–Trinajstić information content (AvgIpc) is 3.38. The molecule has 154 valence electrons. The summed E-state index contributed by atoms with van der Waals surface area (Å²) in [6, 6.07) is 15.8. The predicted molar refractivity (Wildman–Crippen MR) is 121 cm³/mol. The first-order valence-electron chi connectivity index (χ1n) is 10.2. The van der Waals surface area contributed by atoms with Gasteiger partial charge in [0, 0.05) is 36.0 Å². The molecule has 0 bridgehead atoms. The van der Waals surface area contributed by atoms with E-state index in [1.807, 2.05) is 22.4 Å². The van der Waals surface area contributed by atoms with Gasteiger partial charge in [-0.05, 0) is 35.6 Å². The van der Waals surface area contributed by atoms with Gasteiger partial charge < -0.3 is 4.90 Å². The van der Waals surface area contributed by atoms with Crippen LogP contribution in [0.1, 0.15) is 54.1 Å². The van der Waals surface area contributed by atoms with Crippen LogP contribution in [0.4, 0.5) is 5.13 Å². The normalized spacial score (nSPS) is 13.8. The van der Waals surface area contributed by atoms with Gasteiger partial charge in [0.15, 0.2) is 5.13 Å². The quantitative estimate of drug-likeness (QED) is 0.589. The summed E-state index contributed by atoms with van der Waals surface area (Å²) in [4.78, 5) is 30.8. The molecule has 2 heterocycles. The molecule has 0 atom stereocenters. The zero-order valence-corrected chi connectivity index (χ0v) is 18.0. The lowest BCUT2D eigenvalue weighted by atomic mass is 10.0. The molecule has 6 heteroatoms. The van der Waals surface area contributed by atoms with Gasteiger partial charge in [0.2, 0.25) is 5.91 Å². The second-order valence-corrected chi connectivity index (χ2v) is 8.74. The number of likely N-dealkylation sites (tertiary alicyclic amines) is 1. The maximum absolute atomic E-state index is 12.6. The van der Waals surface area contributed by atoms with Crippen LogP contribution in [-0.2, 0) is 11.3 Å². The smallest absolute Gasteiger partial charge is 0.257 e. The predicted octanol–water partition coefficient (Wildman–Crippen LogP) is 5.31. The molecule has 1 saturated heterocycles. The van der Waals surface area contributed by atoms with E-state index in [1.165, 1.54) is 16.9 Å². The van der Waals surface area contributed by atoms with Crippen molar-refractivity contribution in [3.63, 3.8) is 0 Å². The average molecular weight is 420 g/mol. The van der Waals surface area contributed by atoms with Gasteiger partial charge in [-0.1, -0.05) is 50.2 Å². The number of nitrogens with one attached hydrogen (secondary N) is 1. The number of carbonyl (C=O) groups is 2. The molecule has 3 aromatic rings. The highest BCUT2D eigenvalue weighted by Crippen LogP contribution is 2.27. The zero-order chi connectivity index (χ0) is 21.1. The fourth-order valence-electron chi connectivity index (χ4n) is 3.52. The Hall–Kier alpha value is -2.99. The maximum atomic E-state index is 12.6. The van der Waals surface area contributed by atoms with E-state index in [0.717, 1.165) is 29.8 Å². The number of rotatable bonds is 6. The molecule has 0 radical (unpaired) electrons. The Labute approximate surface area is 180 Å². The maximum Gasteiger partial charge on any atom is 0.257 e. The summed E-state index contributed by atoms with van der Waals surface area (Å²) >= 11 is 1.42. The first-order valence-corrected chi connectivity index (χ1v) is 11.1. The topological polar surface area (TPSA) is 62.3 Å². The first kappa shape index (κ1) is 20.3. The van der Waals surface area contributed by atoms with Crippen LogP contribution in [0.5, 0.6) is 0 Å². The highest BCUT2D eigenvalue weighted by atomic mass is 32.1. The molecule has 0 aliphatic carbocycles. The molecule has 2 aromatic carbocycles. The molecule has 0 unspecified atom stereocenters. The number of aromatic nitrogens is 1. The molecule has 30 heavy (non-hydrogen) atoms. The molecule has 1 fully saturated rings. The third kappa shape index (κ3) is 4.60. The van der Waals surface area contributed by atoms with Crippen LogP contribution in [0.3, 0.4) is 0 Å². The van der Waals surface area contributed by atoms with Crippen LogP contribution in [0.15, 0.2) is 53.9 Å². The monoisotopic (exact) mass is 419 g/mol. The first-order chi connectivity index (χ1) is 14.5. The largest absolute Gasteiger partial charge is 0.338 e. The Morgan fingerprint density at radius 1 is 1.13 bits per heavy atom. The number of benzene rings is 2. The van der Waals surface area contributed by atoms with Crippen molar-refractivity contribution in [3.8, 4) is 11.3 Å². The van der Waals surface area contributed by atoms with Crippen LogP contribution in [0, 0.1) is 0 Å². The van der Waals surface area contributed by atoms with Crippen molar-refractivity contribution in [2.24, 2.45) is 0 Å². The molecule has 4 rings (SSSR count). The lowest BCUT2D eigenvalue weighted by Gasteiger charge is -2.15. The Bertz CT molecular complexity index is 1040. The molecule has 0 spiro atoms. The minimum Gasteiger partial charge on any atom is -0.338 e. The standard InChI is InChI=1S/C24H25N3O2S/c1-16(2)18-9-11-19(12-10-18)21-15-30-24(25-21)26-23(29)20-7-5-17(6-8-20)14-27-13-3-4-22(27)28/h5-12,15-16H,3-4,13-14H2,1-2H3,(H,25,26,29). The number of anilines is 1. The van der Waals surface area contributed by atoms with Crippen molar-refractivity contribution >= 4 is 28.3 Å². The second-order valence-electron chi connectivity index (χ2n) is 7.88. The molecule has 2 amide bonds. The Balaban J connectivity index is 1.38. The van der Waals surface area contributed by atoms with E-state index in [1.54, 1.807) is 12.1 Å². The number of carbonyl (C=O) groups excluding carboxylic acids is 2. The van der Waals surface area contributed by atoms with E-state index in [-0.39, 0.29) is 11.8 Å². The van der Waals surface area contributed by atoms with Crippen LogP contribution >= 0.6 is 11.3 Å². The van der Waals surface area contributed by atoms with Gasteiger partial charge in [-0.2, -0.15) is 0 Å². The Kier molecular flexibility index (Phi) is 5.95. The van der Waals surface area contributed by atoms with Gasteiger partial charge in [-0.3, -0.25) is 14.9 Å². The van der Waals surface area contributed by atoms with Crippen LogP contribution in [0.25, 0.3) is 11.3 Å². The number of nitrogens with zero attached hydrogens (tertiary/aromatic N) is 2. The lowest BCUT2D eigenvalue weighted by molar-refractivity contribution is -0.128. The van der Waals surface area contributed by atoms with Crippen molar-refractivity contribution in [1.29, 1.82) is 0 Å². The van der Waals surface area contributed by atoms with E-state index < -0.39 is 0 Å². The minimum atomic E-state index is -0.185. The van der Waals surface area contributed by atoms with Crippen molar-refractivity contribution in [3.05, 3.63) is 70.6 Å². The van der Waals surface area contributed by atoms with Crippen LogP contribution in [0.2, 0.25) is 0 Å².